The molecular formula is C21H30N4O. The minimum absolute atomic E-state index is 0.202. The summed E-state index contributed by atoms with van der Waals surface area (Å²) in [6.07, 6.45) is 10.4. The van der Waals surface area contributed by atoms with Gasteiger partial charge in [-0.1, -0.05) is 37.5 Å². The van der Waals surface area contributed by atoms with Crippen molar-refractivity contribution in [2.24, 2.45) is 5.92 Å². The molecule has 1 saturated carbocycles. The van der Waals surface area contributed by atoms with E-state index in [0.717, 1.165) is 24.3 Å². The number of carbonyl (C=O) groups is 1. The Morgan fingerprint density at radius 3 is 2.62 bits per heavy atom. The molecule has 0 aliphatic heterocycles. The van der Waals surface area contributed by atoms with Gasteiger partial charge in [0.05, 0.1) is 18.4 Å². The van der Waals surface area contributed by atoms with E-state index in [1.54, 1.807) is 0 Å². The lowest BCUT2D eigenvalue weighted by molar-refractivity contribution is -0.131. The number of hydrogen-bond acceptors (Lipinski definition) is 3. The fraction of sp³-hybridized carbons (Fsp3) is 0.524. The molecule has 0 radical (unpaired) electrons. The Bertz CT molecular complexity index is 691. The van der Waals surface area contributed by atoms with Crippen molar-refractivity contribution in [2.75, 3.05) is 27.2 Å². The topological polar surface area (TPSA) is 41.4 Å². The highest BCUT2D eigenvalue weighted by Gasteiger charge is 2.19. The van der Waals surface area contributed by atoms with Gasteiger partial charge < -0.3 is 4.90 Å². The van der Waals surface area contributed by atoms with Gasteiger partial charge in [-0.05, 0) is 37.9 Å². The van der Waals surface area contributed by atoms with Crippen molar-refractivity contribution in [3.63, 3.8) is 0 Å². The molecule has 1 aromatic carbocycles. The second-order valence-corrected chi connectivity index (χ2v) is 7.58. The standard InChI is InChI=1S/C21H30N4O/c1-23(17-21(26)24(2)15-18-9-5-3-6-10-18)14-19-13-22-25(16-19)20-11-7-4-8-12-20/h4,7-8,11-13,16,18H,3,5-6,9-10,14-15,17H2,1-2H3. The maximum absolute atomic E-state index is 12.5. The van der Waals surface area contributed by atoms with Crippen LogP contribution in [-0.4, -0.2) is 52.7 Å². The van der Waals surface area contributed by atoms with E-state index in [0.29, 0.717) is 12.5 Å². The predicted octanol–water partition coefficient (Wildman–Crippen LogP) is 3.34. The van der Waals surface area contributed by atoms with Gasteiger partial charge >= 0.3 is 0 Å². The van der Waals surface area contributed by atoms with Gasteiger partial charge in [-0.15, -0.1) is 0 Å². The third kappa shape index (κ3) is 5.18. The van der Waals surface area contributed by atoms with Crippen LogP contribution >= 0.6 is 0 Å². The van der Waals surface area contributed by atoms with E-state index in [1.807, 2.05) is 66.4 Å². The molecule has 0 bridgehead atoms. The summed E-state index contributed by atoms with van der Waals surface area (Å²) in [6, 6.07) is 10.1. The van der Waals surface area contributed by atoms with Crippen LogP contribution in [0.25, 0.3) is 5.69 Å². The van der Waals surface area contributed by atoms with Crippen molar-refractivity contribution < 1.29 is 4.79 Å². The van der Waals surface area contributed by atoms with Crippen LogP contribution in [0, 0.1) is 5.92 Å². The third-order valence-electron chi connectivity index (χ3n) is 5.20. The predicted molar refractivity (Wildman–Crippen MR) is 104 cm³/mol. The van der Waals surface area contributed by atoms with Crippen molar-refractivity contribution in [3.05, 3.63) is 48.3 Å². The summed E-state index contributed by atoms with van der Waals surface area (Å²) >= 11 is 0. The van der Waals surface area contributed by atoms with E-state index in [9.17, 15) is 4.79 Å². The zero-order chi connectivity index (χ0) is 18.4. The number of likely N-dealkylation sites (N-methyl/N-ethyl adjacent to an activating group) is 2. The molecule has 1 aliphatic carbocycles. The number of amides is 1. The van der Waals surface area contributed by atoms with Crippen LogP contribution in [0.1, 0.15) is 37.7 Å². The first-order valence-electron chi connectivity index (χ1n) is 9.63. The number of benzene rings is 1. The minimum Gasteiger partial charge on any atom is -0.344 e. The lowest BCUT2D eigenvalue weighted by Gasteiger charge is -2.28. The number of carbonyl (C=O) groups excluding carboxylic acids is 1. The lowest BCUT2D eigenvalue weighted by atomic mass is 9.89. The Balaban J connectivity index is 1.48. The molecule has 1 heterocycles. The molecule has 0 unspecified atom stereocenters. The monoisotopic (exact) mass is 354 g/mol. The van der Waals surface area contributed by atoms with Crippen LogP contribution in [0.4, 0.5) is 0 Å². The molecule has 0 saturated heterocycles. The van der Waals surface area contributed by atoms with Crippen molar-refractivity contribution in [2.45, 2.75) is 38.6 Å². The zero-order valence-electron chi connectivity index (χ0n) is 16.0. The summed E-state index contributed by atoms with van der Waals surface area (Å²) in [5.74, 6) is 0.889. The van der Waals surface area contributed by atoms with Crippen LogP contribution in [0.3, 0.4) is 0 Å². The van der Waals surface area contributed by atoms with Gasteiger partial charge in [0, 0.05) is 31.9 Å². The molecule has 1 aromatic heterocycles. The van der Waals surface area contributed by atoms with Crippen molar-refractivity contribution in [3.8, 4) is 5.69 Å². The van der Waals surface area contributed by atoms with Gasteiger partial charge in [-0.3, -0.25) is 9.69 Å². The Kier molecular flexibility index (Phi) is 6.45. The molecule has 3 rings (SSSR count). The molecule has 1 aliphatic rings. The maximum atomic E-state index is 12.5. The quantitative estimate of drug-likeness (QED) is 0.766. The second-order valence-electron chi connectivity index (χ2n) is 7.58. The zero-order valence-corrected chi connectivity index (χ0v) is 16.0. The number of hydrogen-bond donors (Lipinski definition) is 0. The molecule has 0 atom stereocenters. The molecule has 2 aromatic rings. The van der Waals surface area contributed by atoms with E-state index < -0.39 is 0 Å². The van der Waals surface area contributed by atoms with Gasteiger partial charge in [0.1, 0.15) is 0 Å². The van der Waals surface area contributed by atoms with E-state index >= 15 is 0 Å². The fourth-order valence-electron chi connectivity index (χ4n) is 3.74. The van der Waals surface area contributed by atoms with Crippen molar-refractivity contribution in [1.82, 2.24) is 19.6 Å². The summed E-state index contributed by atoms with van der Waals surface area (Å²) in [4.78, 5) is 16.5. The minimum atomic E-state index is 0.202. The first-order chi connectivity index (χ1) is 12.6. The maximum Gasteiger partial charge on any atom is 0.236 e. The first kappa shape index (κ1) is 18.6. The van der Waals surface area contributed by atoms with Crippen LogP contribution in [0.5, 0.6) is 0 Å². The van der Waals surface area contributed by atoms with Gasteiger partial charge in [0.15, 0.2) is 0 Å². The molecule has 0 spiro atoms. The normalized spacial score (nSPS) is 15.3. The van der Waals surface area contributed by atoms with Gasteiger partial charge in [-0.25, -0.2) is 4.68 Å². The second kappa shape index (κ2) is 8.99. The Labute approximate surface area is 156 Å². The number of rotatable bonds is 7. The summed E-state index contributed by atoms with van der Waals surface area (Å²) in [6.45, 7) is 2.06. The SMILES string of the molecule is CN(CC(=O)N(C)CC1CCCCC1)Cc1cnn(-c2ccccc2)c1. The average molecular weight is 354 g/mol. The Morgan fingerprint density at radius 1 is 1.15 bits per heavy atom. The van der Waals surface area contributed by atoms with Crippen molar-refractivity contribution in [1.29, 1.82) is 0 Å². The molecule has 0 N–H and O–H groups in total. The summed E-state index contributed by atoms with van der Waals surface area (Å²) < 4.78 is 1.88. The average Bonchev–Trinajstić information content (AvgIpc) is 3.11. The number of aromatic nitrogens is 2. The van der Waals surface area contributed by atoms with Crippen LogP contribution < -0.4 is 0 Å². The van der Waals surface area contributed by atoms with E-state index in [-0.39, 0.29) is 5.91 Å². The van der Waals surface area contributed by atoms with Crippen LogP contribution in [0.2, 0.25) is 0 Å². The molecule has 5 nitrogen and oxygen atoms in total. The molecule has 1 fully saturated rings. The van der Waals surface area contributed by atoms with Gasteiger partial charge in [0.25, 0.3) is 0 Å². The highest BCUT2D eigenvalue weighted by Crippen LogP contribution is 2.24. The number of nitrogens with zero attached hydrogens (tertiary/aromatic N) is 4. The van der Waals surface area contributed by atoms with Gasteiger partial charge in [-0.2, -0.15) is 5.10 Å². The van der Waals surface area contributed by atoms with Gasteiger partial charge in [0.2, 0.25) is 5.91 Å². The largest absolute Gasteiger partial charge is 0.344 e. The smallest absolute Gasteiger partial charge is 0.236 e. The summed E-state index contributed by atoms with van der Waals surface area (Å²) in [7, 11) is 3.93. The molecular weight excluding hydrogens is 324 g/mol. The lowest BCUT2D eigenvalue weighted by Crippen LogP contribution is -2.39. The molecule has 140 valence electrons. The van der Waals surface area contributed by atoms with E-state index in [1.165, 1.54) is 32.1 Å². The Hall–Kier alpha value is -2.14. The molecule has 1 amide bonds. The fourth-order valence-corrected chi connectivity index (χ4v) is 3.74. The van der Waals surface area contributed by atoms with E-state index in [4.69, 9.17) is 0 Å². The third-order valence-corrected chi connectivity index (χ3v) is 5.20. The van der Waals surface area contributed by atoms with Crippen LogP contribution in [-0.2, 0) is 11.3 Å². The highest BCUT2D eigenvalue weighted by molar-refractivity contribution is 5.77. The van der Waals surface area contributed by atoms with Crippen LogP contribution in [0.15, 0.2) is 42.7 Å². The highest BCUT2D eigenvalue weighted by atomic mass is 16.2. The van der Waals surface area contributed by atoms with Crippen molar-refractivity contribution >= 4 is 5.91 Å². The Morgan fingerprint density at radius 2 is 1.88 bits per heavy atom. The summed E-state index contributed by atoms with van der Waals surface area (Å²) in [5, 5.41) is 4.43. The first-order valence-corrected chi connectivity index (χ1v) is 9.63. The van der Waals surface area contributed by atoms with E-state index in [2.05, 4.69) is 10.00 Å². The summed E-state index contributed by atoms with van der Waals surface area (Å²) in [5.41, 5.74) is 2.16. The molecule has 5 heteroatoms. The molecule has 26 heavy (non-hydrogen) atoms. The number of para-hydroxylation sites is 1.